The number of anilines is 2. The Morgan fingerprint density at radius 3 is 2.55 bits per heavy atom. The molecule has 0 N–H and O–H groups in total. The van der Waals surface area contributed by atoms with Crippen molar-refractivity contribution < 1.29 is 0 Å². The van der Waals surface area contributed by atoms with Gasteiger partial charge in [-0.2, -0.15) is 0 Å². The largest absolute Gasteiger partial charge is 0.356 e. The van der Waals surface area contributed by atoms with Crippen LogP contribution in [0.1, 0.15) is 31.7 Å². The number of nitrogens with zero attached hydrogens (tertiary/aromatic N) is 4. The van der Waals surface area contributed by atoms with E-state index in [9.17, 15) is 0 Å². The summed E-state index contributed by atoms with van der Waals surface area (Å²) in [6.45, 7) is 6.22. The lowest BCUT2D eigenvalue weighted by Gasteiger charge is -2.29. The molecule has 1 saturated heterocycles. The molecule has 0 spiro atoms. The topological polar surface area (TPSA) is 32.3 Å². The van der Waals surface area contributed by atoms with E-state index in [0.29, 0.717) is 0 Å². The normalized spacial score (nSPS) is 14.9. The third-order valence-corrected chi connectivity index (χ3v) is 4.24. The van der Waals surface area contributed by atoms with Crippen molar-refractivity contribution in [2.24, 2.45) is 0 Å². The molecule has 1 aromatic carbocycles. The Kier molecular flexibility index (Phi) is 4.88. The average molecular weight is 296 g/mol. The first-order chi connectivity index (χ1) is 10.9. The van der Waals surface area contributed by atoms with Gasteiger partial charge in [0.05, 0.1) is 0 Å². The second-order valence-corrected chi connectivity index (χ2v) is 5.78. The fraction of sp³-hybridized carbons (Fsp3) is 0.444. The summed E-state index contributed by atoms with van der Waals surface area (Å²) in [5.41, 5.74) is 1.31. The molecule has 1 aliphatic rings. The lowest BCUT2D eigenvalue weighted by Crippen LogP contribution is -2.31. The van der Waals surface area contributed by atoms with Crippen molar-refractivity contribution >= 4 is 11.6 Å². The van der Waals surface area contributed by atoms with Crippen LogP contribution < -0.4 is 9.80 Å². The van der Waals surface area contributed by atoms with Gasteiger partial charge in [-0.3, -0.25) is 0 Å². The standard InChI is InChI=1S/C18H24N4/c1-2-21(14-16-9-5-3-6-10-16)17-13-18(20-15-19-17)22-11-7-4-8-12-22/h3,5-6,9-10,13,15H,2,4,7-8,11-12,14H2,1H3. The summed E-state index contributed by atoms with van der Waals surface area (Å²) in [5, 5.41) is 0. The minimum atomic E-state index is 0.883. The monoisotopic (exact) mass is 296 g/mol. The van der Waals surface area contributed by atoms with Crippen molar-refractivity contribution in [3.63, 3.8) is 0 Å². The van der Waals surface area contributed by atoms with Gasteiger partial charge < -0.3 is 9.80 Å². The molecule has 116 valence electrons. The first kappa shape index (κ1) is 14.8. The van der Waals surface area contributed by atoms with Gasteiger partial charge in [0.2, 0.25) is 0 Å². The van der Waals surface area contributed by atoms with E-state index in [2.05, 4.69) is 63.1 Å². The maximum absolute atomic E-state index is 4.49. The highest BCUT2D eigenvalue weighted by atomic mass is 15.2. The summed E-state index contributed by atoms with van der Waals surface area (Å²) in [6, 6.07) is 12.7. The fourth-order valence-corrected chi connectivity index (χ4v) is 2.96. The molecule has 0 bridgehead atoms. The Hall–Kier alpha value is -2.10. The molecule has 0 radical (unpaired) electrons. The first-order valence-electron chi connectivity index (χ1n) is 8.22. The van der Waals surface area contributed by atoms with Crippen LogP contribution in [0.25, 0.3) is 0 Å². The average Bonchev–Trinajstić information content (AvgIpc) is 2.61. The SMILES string of the molecule is CCN(Cc1ccccc1)c1cc(N2CCCCC2)ncn1. The fourth-order valence-electron chi connectivity index (χ4n) is 2.96. The van der Waals surface area contributed by atoms with Crippen LogP contribution in [-0.4, -0.2) is 29.6 Å². The van der Waals surface area contributed by atoms with Gasteiger partial charge in [-0.05, 0) is 31.7 Å². The number of piperidine rings is 1. The Morgan fingerprint density at radius 1 is 1.05 bits per heavy atom. The predicted molar refractivity (Wildman–Crippen MR) is 91.3 cm³/mol. The highest BCUT2D eigenvalue weighted by Crippen LogP contribution is 2.22. The smallest absolute Gasteiger partial charge is 0.134 e. The molecule has 0 saturated carbocycles. The van der Waals surface area contributed by atoms with E-state index in [1.807, 2.05) is 0 Å². The maximum atomic E-state index is 4.49. The van der Waals surface area contributed by atoms with E-state index in [1.165, 1.54) is 24.8 Å². The number of benzene rings is 1. The van der Waals surface area contributed by atoms with Crippen LogP contribution in [0, 0.1) is 0 Å². The highest BCUT2D eigenvalue weighted by Gasteiger charge is 2.14. The van der Waals surface area contributed by atoms with Crippen molar-refractivity contribution in [1.82, 2.24) is 9.97 Å². The van der Waals surface area contributed by atoms with Gasteiger partial charge >= 0.3 is 0 Å². The lowest BCUT2D eigenvalue weighted by atomic mass is 10.1. The second-order valence-electron chi connectivity index (χ2n) is 5.78. The Morgan fingerprint density at radius 2 is 1.82 bits per heavy atom. The van der Waals surface area contributed by atoms with Gasteiger partial charge in [-0.1, -0.05) is 30.3 Å². The summed E-state index contributed by atoms with van der Waals surface area (Å²) >= 11 is 0. The van der Waals surface area contributed by atoms with Crippen LogP contribution >= 0.6 is 0 Å². The molecule has 1 aliphatic heterocycles. The molecular weight excluding hydrogens is 272 g/mol. The van der Waals surface area contributed by atoms with E-state index >= 15 is 0 Å². The highest BCUT2D eigenvalue weighted by molar-refractivity contribution is 5.50. The summed E-state index contributed by atoms with van der Waals surface area (Å²) in [6.07, 6.45) is 5.57. The van der Waals surface area contributed by atoms with Gasteiger partial charge in [-0.25, -0.2) is 9.97 Å². The molecule has 0 amide bonds. The van der Waals surface area contributed by atoms with Gasteiger partial charge in [0.25, 0.3) is 0 Å². The zero-order chi connectivity index (χ0) is 15.2. The van der Waals surface area contributed by atoms with E-state index in [1.54, 1.807) is 6.33 Å². The molecule has 1 fully saturated rings. The molecule has 2 heterocycles. The summed E-state index contributed by atoms with van der Waals surface area (Å²) < 4.78 is 0. The molecule has 22 heavy (non-hydrogen) atoms. The molecule has 3 rings (SSSR count). The minimum absolute atomic E-state index is 0.883. The van der Waals surface area contributed by atoms with Crippen molar-refractivity contribution in [1.29, 1.82) is 0 Å². The van der Waals surface area contributed by atoms with Gasteiger partial charge in [-0.15, -0.1) is 0 Å². The number of rotatable bonds is 5. The van der Waals surface area contributed by atoms with E-state index < -0.39 is 0 Å². The van der Waals surface area contributed by atoms with Gasteiger partial charge in [0.15, 0.2) is 0 Å². The van der Waals surface area contributed by atoms with Crippen molar-refractivity contribution in [2.45, 2.75) is 32.7 Å². The number of hydrogen-bond acceptors (Lipinski definition) is 4. The van der Waals surface area contributed by atoms with E-state index in [0.717, 1.165) is 37.8 Å². The molecule has 4 heteroatoms. The van der Waals surface area contributed by atoms with Gasteiger partial charge in [0.1, 0.15) is 18.0 Å². The van der Waals surface area contributed by atoms with Crippen molar-refractivity contribution in [3.8, 4) is 0 Å². The van der Waals surface area contributed by atoms with E-state index in [-0.39, 0.29) is 0 Å². The maximum Gasteiger partial charge on any atom is 0.134 e. The van der Waals surface area contributed by atoms with Crippen LogP contribution in [0.5, 0.6) is 0 Å². The third kappa shape index (κ3) is 3.56. The molecular formula is C18H24N4. The Bertz CT molecular complexity index is 579. The van der Waals surface area contributed by atoms with Crippen LogP contribution in [0.15, 0.2) is 42.7 Å². The summed E-state index contributed by atoms with van der Waals surface area (Å²) in [7, 11) is 0. The molecule has 1 aromatic heterocycles. The molecule has 0 aliphatic carbocycles. The van der Waals surface area contributed by atoms with Crippen LogP contribution in [0.3, 0.4) is 0 Å². The zero-order valence-electron chi connectivity index (χ0n) is 13.3. The van der Waals surface area contributed by atoms with Crippen LogP contribution in [-0.2, 0) is 6.54 Å². The zero-order valence-corrected chi connectivity index (χ0v) is 13.3. The molecule has 2 aromatic rings. The summed E-state index contributed by atoms with van der Waals surface area (Å²) in [5.74, 6) is 2.08. The molecule has 0 unspecified atom stereocenters. The second kappa shape index (κ2) is 7.25. The third-order valence-electron chi connectivity index (χ3n) is 4.24. The molecule has 0 atom stereocenters. The van der Waals surface area contributed by atoms with Crippen LogP contribution in [0.2, 0.25) is 0 Å². The minimum Gasteiger partial charge on any atom is -0.356 e. The Balaban J connectivity index is 1.77. The van der Waals surface area contributed by atoms with E-state index in [4.69, 9.17) is 0 Å². The molecule has 4 nitrogen and oxygen atoms in total. The van der Waals surface area contributed by atoms with Crippen LogP contribution in [0.4, 0.5) is 11.6 Å². The van der Waals surface area contributed by atoms with Gasteiger partial charge in [0, 0.05) is 32.2 Å². The number of hydrogen-bond donors (Lipinski definition) is 0. The van der Waals surface area contributed by atoms with Crippen molar-refractivity contribution in [3.05, 3.63) is 48.3 Å². The quantitative estimate of drug-likeness (QED) is 0.845. The van der Waals surface area contributed by atoms with Crippen molar-refractivity contribution in [2.75, 3.05) is 29.4 Å². The number of aromatic nitrogens is 2. The first-order valence-corrected chi connectivity index (χ1v) is 8.22. The predicted octanol–water partition coefficient (Wildman–Crippen LogP) is 3.49. The lowest BCUT2D eigenvalue weighted by molar-refractivity contribution is 0.573. The summed E-state index contributed by atoms with van der Waals surface area (Å²) in [4.78, 5) is 13.6. The Labute approximate surface area is 132 Å².